The number of urea groups is 1. The molecule has 1 aliphatic rings. The van der Waals surface area contributed by atoms with Gasteiger partial charge in [0.2, 0.25) is 0 Å². The molecule has 1 atom stereocenters. The number of rotatable bonds is 3. The number of ether oxygens (including phenoxy) is 1. The van der Waals surface area contributed by atoms with Crippen molar-refractivity contribution in [3.8, 4) is 5.75 Å². The maximum Gasteiger partial charge on any atom is 0.321 e. The Morgan fingerprint density at radius 2 is 2.39 bits per heavy atom. The molecule has 2 N–H and O–H groups in total. The second kappa shape index (κ2) is 5.73. The van der Waals surface area contributed by atoms with E-state index in [0.29, 0.717) is 0 Å². The fraction of sp³-hybridized carbons (Fsp3) is 0.462. The van der Waals surface area contributed by atoms with Gasteiger partial charge in [0.25, 0.3) is 0 Å². The van der Waals surface area contributed by atoms with Crippen molar-refractivity contribution in [1.82, 2.24) is 10.2 Å². The van der Waals surface area contributed by atoms with Crippen molar-refractivity contribution in [3.63, 3.8) is 0 Å². The molecule has 0 saturated carbocycles. The summed E-state index contributed by atoms with van der Waals surface area (Å²) < 4.78 is 5.12. The van der Waals surface area contributed by atoms with Crippen LogP contribution in [0.25, 0.3) is 0 Å². The lowest BCUT2D eigenvalue weighted by Gasteiger charge is -2.24. The first kappa shape index (κ1) is 12.7. The SMILES string of the molecule is COc1cccc(NC(=O)N(C)C2CCNC2)c1. The molecule has 0 radical (unpaired) electrons. The number of hydrogen-bond donors (Lipinski definition) is 2. The van der Waals surface area contributed by atoms with E-state index in [-0.39, 0.29) is 12.1 Å². The topological polar surface area (TPSA) is 53.6 Å². The first-order valence-corrected chi connectivity index (χ1v) is 6.09. The number of likely N-dealkylation sites (N-methyl/N-ethyl adjacent to an activating group) is 1. The van der Waals surface area contributed by atoms with Crippen molar-refractivity contribution in [3.05, 3.63) is 24.3 Å². The summed E-state index contributed by atoms with van der Waals surface area (Å²) in [4.78, 5) is 13.8. The summed E-state index contributed by atoms with van der Waals surface area (Å²) in [6, 6.07) is 7.54. The van der Waals surface area contributed by atoms with Gasteiger partial charge in [0.15, 0.2) is 0 Å². The fourth-order valence-corrected chi connectivity index (χ4v) is 2.05. The van der Waals surface area contributed by atoms with Gasteiger partial charge in [-0.05, 0) is 25.1 Å². The van der Waals surface area contributed by atoms with Crippen LogP contribution in [-0.4, -0.2) is 44.2 Å². The van der Waals surface area contributed by atoms with E-state index in [9.17, 15) is 4.79 Å². The molecule has 0 bridgehead atoms. The van der Waals surface area contributed by atoms with Crippen molar-refractivity contribution in [2.45, 2.75) is 12.5 Å². The summed E-state index contributed by atoms with van der Waals surface area (Å²) in [5.41, 5.74) is 0.747. The predicted molar refractivity (Wildman–Crippen MR) is 71.1 cm³/mol. The third kappa shape index (κ3) is 2.92. The van der Waals surface area contributed by atoms with Crippen molar-refractivity contribution in [1.29, 1.82) is 0 Å². The number of carbonyl (C=O) groups excluding carboxylic acids is 1. The van der Waals surface area contributed by atoms with E-state index in [1.54, 1.807) is 18.1 Å². The highest BCUT2D eigenvalue weighted by Gasteiger charge is 2.23. The number of hydrogen-bond acceptors (Lipinski definition) is 3. The van der Waals surface area contributed by atoms with Gasteiger partial charge in [-0.15, -0.1) is 0 Å². The molecule has 1 heterocycles. The Bertz CT molecular complexity index is 416. The van der Waals surface area contributed by atoms with Gasteiger partial charge in [-0.3, -0.25) is 0 Å². The molecule has 1 aliphatic heterocycles. The molecule has 0 aromatic heterocycles. The average Bonchev–Trinajstić information content (AvgIpc) is 2.92. The Morgan fingerprint density at radius 3 is 3.06 bits per heavy atom. The number of carbonyl (C=O) groups is 1. The molecule has 0 spiro atoms. The van der Waals surface area contributed by atoms with E-state index >= 15 is 0 Å². The Balaban J connectivity index is 1.97. The minimum atomic E-state index is -0.0862. The molecule has 2 rings (SSSR count). The Morgan fingerprint density at radius 1 is 1.56 bits per heavy atom. The molecular formula is C13H19N3O2. The van der Waals surface area contributed by atoms with Crippen LogP contribution in [0.5, 0.6) is 5.75 Å². The number of amides is 2. The quantitative estimate of drug-likeness (QED) is 0.854. The summed E-state index contributed by atoms with van der Waals surface area (Å²) in [6.07, 6.45) is 1.00. The maximum atomic E-state index is 12.0. The second-order valence-corrected chi connectivity index (χ2v) is 4.42. The summed E-state index contributed by atoms with van der Waals surface area (Å²) >= 11 is 0. The lowest BCUT2D eigenvalue weighted by molar-refractivity contribution is 0.207. The van der Waals surface area contributed by atoms with E-state index in [4.69, 9.17) is 4.74 Å². The van der Waals surface area contributed by atoms with Gasteiger partial charge in [0, 0.05) is 31.4 Å². The minimum absolute atomic E-state index is 0.0862. The predicted octanol–water partition coefficient (Wildman–Crippen LogP) is 1.52. The molecule has 1 fully saturated rings. The maximum absolute atomic E-state index is 12.0. The molecular weight excluding hydrogens is 230 g/mol. The molecule has 5 nitrogen and oxygen atoms in total. The first-order chi connectivity index (χ1) is 8.70. The number of nitrogens with zero attached hydrogens (tertiary/aromatic N) is 1. The highest BCUT2D eigenvalue weighted by Crippen LogP contribution is 2.17. The monoisotopic (exact) mass is 249 g/mol. The van der Waals surface area contributed by atoms with E-state index in [1.165, 1.54) is 0 Å². The first-order valence-electron chi connectivity index (χ1n) is 6.09. The Hall–Kier alpha value is -1.75. The van der Waals surface area contributed by atoms with Gasteiger partial charge in [-0.1, -0.05) is 6.07 Å². The van der Waals surface area contributed by atoms with Crippen LogP contribution in [0.2, 0.25) is 0 Å². The lowest BCUT2D eigenvalue weighted by Crippen LogP contribution is -2.40. The molecule has 5 heteroatoms. The minimum Gasteiger partial charge on any atom is -0.497 e. The summed E-state index contributed by atoms with van der Waals surface area (Å²) in [6.45, 7) is 1.84. The highest BCUT2D eigenvalue weighted by molar-refractivity contribution is 5.89. The zero-order valence-electron chi connectivity index (χ0n) is 10.8. The molecule has 0 aliphatic carbocycles. The normalized spacial score (nSPS) is 18.4. The van der Waals surface area contributed by atoms with Crippen molar-refractivity contribution < 1.29 is 9.53 Å². The molecule has 1 aromatic rings. The Labute approximate surface area is 107 Å². The van der Waals surface area contributed by atoms with Crippen LogP contribution in [0.15, 0.2) is 24.3 Å². The number of anilines is 1. The standard InChI is InChI=1S/C13H19N3O2/c1-16(11-6-7-14-9-11)13(17)15-10-4-3-5-12(8-10)18-2/h3-5,8,11,14H,6-7,9H2,1-2H3,(H,15,17). The van der Waals surface area contributed by atoms with E-state index in [1.807, 2.05) is 25.2 Å². The van der Waals surface area contributed by atoms with Gasteiger partial charge < -0.3 is 20.3 Å². The van der Waals surface area contributed by atoms with E-state index in [0.717, 1.165) is 30.9 Å². The van der Waals surface area contributed by atoms with Crippen LogP contribution in [0.1, 0.15) is 6.42 Å². The lowest BCUT2D eigenvalue weighted by atomic mass is 10.2. The highest BCUT2D eigenvalue weighted by atomic mass is 16.5. The smallest absolute Gasteiger partial charge is 0.321 e. The van der Waals surface area contributed by atoms with Gasteiger partial charge >= 0.3 is 6.03 Å². The fourth-order valence-electron chi connectivity index (χ4n) is 2.05. The van der Waals surface area contributed by atoms with Crippen LogP contribution < -0.4 is 15.4 Å². The van der Waals surface area contributed by atoms with Gasteiger partial charge in [-0.2, -0.15) is 0 Å². The van der Waals surface area contributed by atoms with Crippen LogP contribution >= 0.6 is 0 Å². The summed E-state index contributed by atoms with van der Waals surface area (Å²) in [7, 11) is 3.43. The summed E-state index contributed by atoms with van der Waals surface area (Å²) in [5, 5.41) is 6.12. The zero-order valence-corrected chi connectivity index (χ0v) is 10.8. The average molecular weight is 249 g/mol. The Kier molecular flexibility index (Phi) is 4.04. The zero-order chi connectivity index (χ0) is 13.0. The number of methoxy groups -OCH3 is 1. The van der Waals surface area contributed by atoms with Gasteiger partial charge in [-0.25, -0.2) is 4.79 Å². The van der Waals surface area contributed by atoms with E-state index in [2.05, 4.69) is 10.6 Å². The molecule has 1 saturated heterocycles. The molecule has 1 unspecified atom stereocenters. The van der Waals surface area contributed by atoms with Crippen molar-refractivity contribution in [2.75, 3.05) is 32.6 Å². The third-order valence-electron chi connectivity index (χ3n) is 3.22. The van der Waals surface area contributed by atoms with Crippen LogP contribution in [0, 0.1) is 0 Å². The molecule has 1 aromatic carbocycles. The van der Waals surface area contributed by atoms with Crippen LogP contribution in [0.4, 0.5) is 10.5 Å². The van der Waals surface area contributed by atoms with Gasteiger partial charge in [0.1, 0.15) is 5.75 Å². The largest absolute Gasteiger partial charge is 0.497 e. The third-order valence-corrected chi connectivity index (χ3v) is 3.22. The van der Waals surface area contributed by atoms with Crippen molar-refractivity contribution >= 4 is 11.7 Å². The van der Waals surface area contributed by atoms with Crippen LogP contribution in [-0.2, 0) is 0 Å². The van der Waals surface area contributed by atoms with Gasteiger partial charge in [0.05, 0.1) is 7.11 Å². The number of nitrogens with one attached hydrogen (secondary N) is 2. The molecule has 2 amide bonds. The number of benzene rings is 1. The molecule has 98 valence electrons. The van der Waals surface area contributed by atoms with Crippen LogP contribution in [0.3, 0.4) is 0 Å². The second-order valence-electron chi connectivity index (χ2n) is 4.42. The van der Waals surface area contributed by atoms with E-state index < -0.39 is 0 Å². The molecule has 18 heavy (non-hydrogen) atoms. The summed E-state index contributed by atoms with van der Waals surface area (Å²) in [5.74, 6) is 0.734. The van der Waals surface area contributed by atoms with Crippen molar-refractivity contribution in [2.24, 2.45) is 0 Å².